The van der Waals surface area contributed by atoms with E-state index < -0.39 is 24.6 Å². The van der Waals surface area contributed by atoms with Crippen LogP contribution in [0.3, 0.4) is 0 Å². The smallest absolute Gasteiger partial charge is 0.211 e. The van der Waals surface area contributed by atoms with Gasteiger partial charge in [-0.05, 0) is 19.8 Å². The normalized spacial score (nSPS) is 15.8. The fourth-order valence-corrected chi connectivity index (χ4v) is 3.12. The van der Waals surface area contributed by atoms with Crippen molar-refractivity contribution in [3.05, 3.63) is 0 Å². The molecule has 104 valence electrons. The number of hydrogen-bond donors (Lipinski definition) is 1. The maximum atomic E-state index is 11.6. The van der Waals surface area contributed by atoms with Gasteiger partial charge in [0.2, 0.25) is 10.0 Å². The molecule has 5 nitrogen and oxygen atoms in total. The van der Waals surface area contributed by atoms with Crippen molar-refractivity contribution in [3.63, 3.8) is 0 Å². The van der Waals surface area contributed by atoms with Crippen molar-refractivity contribution < 1.29 is 16.8 Å². The first-order valence-corrected chi connectivity index (χ1v) is 9.22. The second kappa shape index (κ2) is 5.86. The Labute approximate surface area is 109 Å². The number of halogens is 1. The summed E-state index contributed by atoms with van der Waals surface area (Å²) < 4.78 is 47.2. The average molecular weight is 306 g/mol. The standard InChI is InChI=1S/C9H20ClNO4S2/c1-8(5-10)6-17(14,15)11-7-9(2,3)16(4,12)13/h8,11H,5-7H2,1-4H3. The molecule has 0 heterocycles. The molecule has 0 saturated heterocycles. The van der Waals surface area contributed by atoms with Crippen LogP contribution in [-0.2, 0) is 19.9 Å². The van der Waals surface area contributed by atoms with Crippen molar-refractivity contribution in [2.75, 3.05) is 24.4 Å². The fourth-order valence-electron chi connectivity index (χ4n) is 0.893. The number of sulfonamides is 1. The van der Waals surface area contributed by atoms with Crippen molar-refractivity contribution in [1.29, 1.82) is 0 Å². The Morgan fingerprint density at radius 1 is 1.24 bits per heavy atom. The number of nitrogens with one attached hydrogen (secondary N) is 1. The highest BCUT2D eigenvalue weighted by Gasteiger charge is 2.31. The van der Waals surface area contributed by atoms with E-state index in [0.717, 1.165) is 6.26 Å². The third-order valence-electron chi connectivity index (χ3n) is 2.49. The molecule has 1 N–H and O–H groups in total. The summed E-state index contributed by atoms with van der Waals surface area (Å²) in [5, 5.41) is 0. The Morgan fingerprint density at radius 3 is 2.06 bits per heavy atom. The van der Waals surface area contributed by atoms with Gasteiger partial charge in [-0.25, -0.2) is 21.6 Å². The molecule has 17 heavy (non-hydrogen) atoms. The van der Waals surface area contributed by atoms with Gasteiger partial charge in [0.15, 0.2) is 9.84 Å². The topological polar surface area (TPSA) is 80.3 Å². The Hall–Kier alpha value is 0.150. The van der Waals surface area contributed by atoms with Crippen LogP contribution >= 0.6 is 11.6 Å². The number of rotatable bonds is 7. The first-order valence-electron chi connectivity index (χ1n) is 5.14. The summed E-state index contributed by atoms with van der Waals surface area (Å²) in [6, 6.07) is 0. The lowest BCUT2D eigenvalue weighted by molar-refractivity contribution is 0.533. The zero-order valence-electron chi connectivity index (χ0n) is 10.5. The molecule has 0 saturated carbocycles. The zero-order chi connectivity index (χ0) is 13.9. The van der Waals surface area contributed by atoms with Crippen LogP contribution in [0.1, 0.15) is 20.8 Å². The minimum absolute atomic E-state index is 0.101. The number of hydrogen-bond acceptors (Lipinski definition) is 4. The molecule has 1 unspecified atom stereocenters. The van der Waals surface area contributed by atoms with E-state index in [2.05, 4.69) is 4.72 Å². The molecule has 0 aliphatic heterocycles. The van der Waals surface area contributed by atoms with Crippen LogP contribution in [0.2, 0.25) is 0 Å². The Morgan fingerprint density at radius 2 is 1.71 bits per heavy atom. The van der Waals surface area contributed by atoms with Gasteiger partial charge in [-0.3, -0.25) is 0 Å². The SMILES string of the molecule is CC(CCl)CS(=O)(=O)NCC(C)(C)S(C)(=O)=O. The summed E-state index contributed by atoms with van der Waals surface area (Å²) in [5.74, 6) is -0.0253. The van der Waals surface area contributed by atoms with Crippen molar-refractivity contribution in [1.82, 2.24) is 4.72 Å². The lowest BCUT2D eigenvalue weighted by atomic mass is 10.2. The van der Waals surface area contributed by atoms with Crippen LogP contribution in [0.4, 0.5) is 0 Å². The Balaban J connectivity index is 4.59. The van der Waals surface area contributed by atoms with Crippen molar-refractivity contribution >= 4 is 31.5 Å². The van der Waals surface area contributed by atoms with Gasteiger partial charge < -0.3 is 0 Å². The molecule has 8 heteroatoms. The summed E-state index contributed by atoms with van der Waals surface area (Å²) in [7, 11) is -6.80. The van der Waals surface area contributed by atoms with Crippen molar-refractivity contribution in [2.24, 2.45) is 5.92 Å². The van der Waals surface area contributed by atoms with Gasteiger partial charge in [-0.1, -0.05) is 6.92 Å². The largest absolute Gasteiger partial charge is 0.229 e. The third kappa shape index (κ3) is 6.03. The fraction of sp³-hybridized carbons (Fsp3) is 1.00. The van der Waals surface area contributed by atoms with E-state index in [9.17, 15) is 16.8 Å². The van der Waals surface area contributed by atoms with E-state index >= 15 is 0 Å². The van der Waals surface area contributed by atoms with Crippen LogP contribution < -0.4 is 4.72 Å². The maximum Gasteiger partial charge on any atom is 0.211 e. The summed E-state index contributed by atoms with van der Waals surface area (Å²) in [6.07, 6.45) is 1.09. The van der Waals surface area contributed by atoms with Gasteiger partial charge in [0, 0.05) is 18.7 Å². The third-order valence-corrected chi connectivity index (χ3v) is 6.76. The van der Waals surface area contributed by atoms with Crippen LogP contribution in [-0.4, -0.2) is 46.0 Å². The van der Waals surface area contributed by atoms with Gasteiger partial charge in [0.25, 0.3) is 0 Å². The maximum absolute atomic E-state index is 11.6. The molecule has 0 amide bonds. The Kier molecular flexibility index (Phi) is 5.91. The van der Waals surface area contributed by atoms with Gasteiger partial charge >= 0.3 is 0 Å². The lowest BCUT2D eigenvalue weighted by Crippen LogP contribution is -2.44. The molecule has 0 bridgehead atoms. The Bertz CT molecular complexity index is 442. The zero-order valence-corrected chi connectivity index (χ0v) is 12.9. The molecule has 1 atom stereocenters. The van der Waals surface area contributed by atoms with E-state index in [1.165, 1.54) is 13.8 Å². The van der Waals surface area contributed by atoms with Gasteiger partial charge in [0.05, 0.1) is 10.5 Å². The second-order valence-corrected chi connectivity index (χ2v) is 9.70. The van der Waals surface area contributed by atoms with Gasteiger partial charge in [0.1, 0.15) is 0 Å². The van der Waals surface area contributed by atoms with Gasteiger partial charge in [-0.15, -0.1) is 11.6 Å². The molecular weight excluding hydrogens is 286 g/mol. The molecular formula is C9H20ClNO4S2. The predicted molar refractivity (Wildman–Crippen MR) is 70.6 cm³/mol. The van der Waals surface area contributed by atoms with Crippen molar-refractivity contribution in [2.45, 2.75) is 25.5 Å². The highest BCUT2D eigenvalue weighted by molar-refractivity contribution is 7.92. The highest BCUT2D eigenvalue weighted by Crippen LogP contribution is 2.14. The molecule has 0 aliphatic carbocycles. The first kappa shape index (κ1) is 17.2. The summed E-state index contributed by atoms with van der Waals surface area (Å²) >= 11 is 5.53. The minimum Gasteiger partial charge on any atom is -0.229 e. The number of sulfone groups is 1. The summed E-state index contributed by atoms with van der Waals surface area (Å²) in [6.45, 7) is 4.54. The van der Waals surface area contributed by atoms with E-state index in [1.807, 2.05) is 0 Å². The van der Waals surface area contributed by atoms with E-state index in [4.69, 9.17) is 11.6 Å². The number of alkyl halides is 1. The predicted octanol–water partition coefficient (Wildman–Crippen LogP) is 0.604. The lowest BCUT2D eigenvalue weighted by Gasteiger charge is -2.23. The van der Waals surface area contributed by atoms with Crippen LogP contribution in [0.5, 0.6) is 0 Å². The van der Waals surface area contributed by atoms with E-state index in [1.54, 1.807) is 6.92 Å². The van der Waals surface area contributed by atoms with E-state index in [0.29, 0.717) is 0 Å². The summed E-state index contributed by atoms with van der Waals surface area (Å²) in [4.78, 5) is 0. The molecule has 0 aliphatic rings. The quantitative estimate of drug-likeness (QED) is 0.699. The minimum atomic E-state index is -3.49. The first-order chi connectivity index (χ1) is 7.41. The highest BCUT2D eigenvalue weighted by atomic mass is 35.5. The van der Waals surface area contributed by atoms with Crippen molar-refractivity contribution in [3.8, 4) is 0 Å². The van der Waals surface area contributed by atoms with Gasteiger partial charge in [-0.2, -0.15) is 0 Å². The monoisotopic (exact) mass is 305 g/mol. The van der Waals surface area contributed by atoms with E-state index in [-0.39, 0.29) is 24.1 Å². The second-order valence-electron chi connectivity index (χ2n) is 4.89. The molecule has 0 spiro atoms. The van der Waals surface area contributed by atoms with Crippen LogP contribution in [0, 0.1) is 5.92 Å². The molecule has 0 aromatic heterocycles. The summed E-state index contributed by atoms with van der Waals surface area (Å²) in [5.41, 5.74) is 0. The molecule has 0 aromatic rings. The molecule has 0 fully saturated rings. The van der Waals surface area contributed by atoms with Crippen LogP contribution in [0.25, 0.3) is 0 Å². The molecule has 0 aromatic carbocycles. The average Bonchev–Trinajstić information content (AvgIpc) is 2.12. The van der Waals surface area contributed by atoms with Crippen LogP contribution in [0.15, 0.2) is 0 Å². The molecule has 0 radical (unpaired) electrons. The molecule has 0 rings (SSSR count).